The molecule has 0 amide bonds. The van der Waals surface area contributed by atoms with E-state index in [1.165, 1.54) is 0 Å². The van der Waals surface area contributed by atoms with E-state index in [-0.39, 0.29) is 5.56 Å². The van der Waals surface area contributed by atoms with Crippen molar-refractivity contribution in [3.8, 4) is 0 Å². The average molecular weight is 306 g/mol. The molecule has 0 atom stereocenters. The first-order chi connectivity index (χ1) is 8.65. The molecule has 0 radical (unpaired) electrons. The maximum Gasteiger partial charge on any atom is 0.335 e. The average Bonchev–Trinajstić information content (AvgIpc) is 2.38. The van der Waals surface area contributed by atoms with Crippen LogP contribution >= 0.6 is 15.9 Å². The first-order valence-electron chi connectivity index (χ1n) is 5.47. The van der Waals surface area contributed by atoms with Gasteiger partial charge >= 0.3 is 5.97 Å². The first-order valence-corrected chi connectivity index (χ1v) is 6.26. The van der Waals surface area contributed by atoms with Gasteiger partial charge in [0.2, 0.25) is 0 Å². The van der Waals surface area contributed by atoms with E-state index in [0.29, 0.717) is 6.54 Å². The fourth-order valence-corrected chi connectivity index (χ4v) is 1.83. The Kier molecular flexibility index (Phi) is 3.99. The Morgan fingerprint density at radius 3 is 2.56 bits per heavy atom. The summed E-state index contributed by atoms with van der Waals surface area (Å²) in [6.07, 6.45) is 0. The van der Waals surface area contributed by atoms with Crippen molar-refractivity contribution in [1.82, 2.24) is 0 Å². The van der Waals surface area contributed by atoms with E-state index in [1.807, 2.05) is 30.3 Å². The van der Waals surface area contributed by atoms with Gasteiger partial charge in [0.1, 0.15) is 0 Å². The van der Waals surface area contributed by atoms with Crippen molar-refractivity contribution in [3.05, 3.63) is 64.1 Å². The number of aromatic carboxylic acids is 1. The topological polar surface area (TPSA) is 49.3 Å². The molecule has 0 spiro atoms. The van der Waals surface area contributed by atoms with Gasteiger partial charge in [-0.1, -0.05) is 34.1 Å². The number of carboxylic acid groups (broad SMARTS) is 1. The highest BCUT2D eigenvalue weighted by atomic mass is 79.9. The Labute approximate surface area is 114 Å². The molecule has 2 N–H and O–H groups in total. The van der Waals surface area contributed by atoms with E-state index < -0.39 is 5.97 Å². The van der Waals surface area contributed by atoms with Crippen LogP contribution < -0.4 is 5.32 Å². The zero-order valence-corrected chi connectivity index (χ0v) is 11.1. The Bertz CT molecular complexity index is 552. The number of hydrogen-bond donors (Lipinski definition) is 2. The number of halogens is 1. The minimum atomic E-state index is -0.915. The number of nitrogens with one attached hydrogen (secondary N) is 1. The molecule has 3 nitrogen and oxygen atoms in total. The molecule has 0 saturated heterocycles. The lowest BCUT2D eigenvalue weighted by molar-refractivity contribution is 0.0697. The molecule has 0 fully saturated rings. The number of anilines is 1. The van der Waals surface area contributed by atoms with E-state index in [4.69, 9.17) is 5.11 Å². The Morgan fingerprint density at radius 2 is 1.89 bits per heavy atom. The Balaban J connectivity index is 2.04. The number of benzene rings is 2. The van der Waals surface area contributed by atoms with Gasteiger partial charge in [-0.05, 0) is 35.9 Å². The SMILES string of the molecule is O=C(O)c1cccc(NCc2ccc(Br)cc2)c1. The normalized spacial score (nSPS) is 10.1. The maximum atomic E-state index is 10.8. The monoisotopic (exact) mass is 305 g/mol. The van der Waals surface area contributed by atoms with Gasteiger partial charge in [-0.15, -0.1) is 0 Å². The molecule has 0 aliphatic heterocycles. The van der Waals surface area contributed by atoms with Crippen molar-refractivity contribution in [1.29, 1.82) is 0 Å². The van der Waals surface area contributed by atoms with Crippen LogP contribution in [0.2, 0.25) is 0 Å². The zero-order valence-electron chi connectivity index (χ0n) is 9.56. The van der Waals surface area contributed by atoms with Gasteiger partial charge in [-0.3, -0.25) is 0 Å². The second kappa shape index (κ2) is 5.69. The predicted octanol–water partition coefficient (Wildman–Crippen LogP) is 3.76. The highest BCUT2D eigenvalue weighted by Crippen LogP contribution is 2.14. The summed E-state index contributed by atoms with van der Waals surface area (Å²) in [5.41, 5.74) is 2.23. The number of hydrogen-bond acceptors (Lipinski definition) is 2. The first kappa shape index (κ1) is 12.6. The van der Waals surface area contributed by atoms with E-state index in [9.17, 15) is 4.79 Å². The van der Waals surface area contributed by atoms with Crippen LogP contribution in [0, 0.1) is 0 Å². The molecule has 0 saturated carbocycles. The molecular formula is C14H12BrNO2. The summed E-state index contributed by atoms with van der Waals surface area (Å²) in [5, 5.41) is 12.1. The highest BCUT2D eigenvalue weighted by Gasteiger charge is 2.02. The summed E-state index contributed by atoms with van der Waals surface area (Å²) in [7, 11) is 0. The van der Waals surface area contributed by atoms with Crippen molar-refractivity contribution in [3.63, 3.8) is 0 Å². The van der Waals surface area contributed by atoms with Crippen LogP contribution in [-0.2, 0) is 6.54 Å². The molecule has 18 heavy (non-hydrogen) atoms. The molecule has 0 bridgehead atoms. The molecule has 0 heterocycles. The van der Waals surface area contributed by atoms with Gasteiger partial charge in [0.05, 0.1) is 5.56 Å². The van der Waals surface area contributed by atoms with Crippen molar-refractivity contribution in [2.75, 3.05) is 5.32 Å². The van der Waals surface area contributed by atoms with Crippen LogP contribution in [0.5, 0.6) is 0 Å². The molecule has 92 valence electrons. The second-order valence-corrected chi connectivity index (χ2v) is 4.78. The van der Waals surface area contributed by atoms with Crippen LogP contribution in [0.4, 0.5) is 5.69 Å². The number of rotatable bonds is 4. The third-order valence-electron chi connectivity index (χ3n) is 2.52. The largest absolute Gasteiger partial charge is 0.478 e. The van der Waals surface area contributed by atoms with Crippen LogP contribution in [0.15, 0.2) is 53.0 Å². The molecule has 0 aromatic heterocycles. The lowest BCUT2D eigenvalue weighted by atomic mass is 10.2. The lowest BCUT2D eigenvalue weighted by Gasteiger charge is -2.07. The van der Waals surface area contributed by atoms with Crippen molar-refractivity contribution in [2.24, 2.45) is 0 Å². The quantitative estimate of drug-likeness (QED) is 0.904. The molecule has 2 rings (SSSR count). The molecule has 0 aliphatic carbocycles. The smallest absolute Gasteiger partial charge is 0.335 e. The molecular weight excluding hydrogens is 294 g/mol. The summed E-state index contributed by atoms with van der Waals surface area (Å²) in [4.78, 5) is 10.8. The third kappa shape index (κ3) is 3.34. The number of carboxylic acids is 1. The van der Waals surface area contributed by atoms with Crippen LogP contribution in [0.1, 0.15) is 15.9 Å². The fraction of sp³-hybridized carbons (Fsp3) is 0.0714. The van der Waals surface area contributed by atoms with Crippen molar-refractivity contribution < 1.29 is 9.90 Å². The maximum absolute atomic E-state index is 10.8. The minimum Gasteiger partial charge on any atom is -0.478 e. The van der Waals surface area contributed by atoms with Crippen LogP contribution in [0.3, 0.4) is 0 Å². The lowest BCUT2D eigenvalue weighted by Crippen LogP contribution is -2.01. The molecule has 2 aromatic rings. The summed E-state index contributed by atoms with van der Waals surface area (Å²) in [6, 6.07) is 14.8. The van der Waals surface area contributed by atoms with E-state index in [1.54, 1.807) is 18.2 Å². The van der Waals surface area contributed by atoms with Crippen LogP contribution in [0.25, 0.3) is 0 Å². The molecule has 2 aromatic carbocycles. The standard InChI is InChI=1S/C14H12BrNO2/c15-12-6-4-10(5-7-12)9-16-13-3-1-2-11(8-13)14(17)18/h1-8,16H,9H2,(H,17,18). The predicted molar refractivity (Wildman–Crippen MR) is 74.9 cm³/mol. The third-order valence-corrected chi connectivity index (χ3v) is 3.05. The molecule has 4 heteroatoms. The summed E-state index contributed by atoms with van der Waals surface area (Å²) < 4.78 is 1.04. The zero-order chi connectivity index (χ0) is 13.0. The fourth-order valence-electron chi connectivity index (χ4n) is 1.57. The summed E-state index contributed by atoms with van der Waals surface area (Å²) in [5.74, 6) is -0.915. The van der Waals surface area contributed by atoms with Gasteiger partial charge in [-0.2, -0.15) is 0 Å². The number of carbonyl (C=O) groups is 1. The molecule has 0 aliphatic rings. The van der Waals surface area contributed by atoms with E-state index in [2.05, 4.69) is 21.2 Å². The van der Waals surface area contributed by atoms with Crippen molar-refractivity contribution in [2.45, 2.75) is 6.54 Å². The van der Waals surface area contributed by atoms with Gasteiger partial charge in [-0.25, -0.2) is 4.79 Å². The van der Waals surface area contributed by atoms with Gasteiger partial charge in [0, 0.05) is 16.7 Å². The van der Waals surface area contributed by atoms with Crippen molar-refractivity contribution >= 4 is 27.6 Å². The van der Waals surface area contributed by atoms with Gasteiger partial charge in [0.15, 0.2) is 0 Å². The van der Waals surface area contributed by atoms with Gasteiger partial charge in [0.25, 0.3) is 0 Å². The van der Waals surface area contributed by atoms with Gasteiger partial charge < -0.3 is 10.4 Å². The summed E-state index contributed by atoms with van der Waals surface area (Å²) >= 11 is 3.38. The highest BCUT2D eigenvalue weighted by molar-refractivity contribution is 9.10. The van der Waals surface area contributed by atoms with E-state index in [0.717, 1.165) is 15.7 Å². The van der Waals surface area contributed by atoms with E-state index >= 15 is 0 Å². The molecule has 0 unspecified atom stereocenters. The van der Waals surface area contributed by atoms with Crippen LogP contribution in [-0.4, -0.2) is 11.1 Å². The summed E-state index contributed by atoms with van der Waals surface area (Å²) in [6.45, 7) is 0.663. The second-order valence-electron chi connectivity index (χ2n) is 3.87. The Morgan fingerprint density at radius 1 is 1.17 bits per heavy atom. The minimum absolute atomic E-state index is 0.288. The Hall–Kier alpha value is -1.81.